The highest BCUT2D eigenvalue weighted by molar-refractivity contribution is 5.78. The van der Waals surface area contributed by atoms with Crippen LogP contribution in [0.2, 0.25) is 0 Å². The van der Waals surface area contributed by atoms with Crippen LogP contribution in [-0.4, -0.2) is 36.5 Å². The molecule has 0 spiro atoms. The molecule has 98 valence electrons. The van der Waals surface area contributed by atoms with Crippen molar-refractivity contribution in [3.05, 3.63) is 0 Å². The van der Waals surface area contributed by atoms with Gasteiger partial charge in [0.15, 0.2) is 0 Å². The van der Waals surface area contributed by atoms with Crippen LogP contribution in [0.3, 0.4) is 0 Å². The molecule has 0 aromatic carbocycles. The quantitative estimate of drug-likeness (QED) is 0.769. The van der Waals surface area contributed by atoms with Gasteiger partial charge in [-0.15, -0.1) is 0 Å². The largest absolute Gasteiger partial charge is 0.338 e. The molecule has 0 atom stereocenters. The second kappa shape index (κ2) is 6.39. The van der Waals surface area contributed by atoms with Crippen molar-refractivity contribution in [2.24, 2.45) is 5.92 Å². The van der Waals surface area contributed by atoms with E-state index in [1.54, 1.807) is 0 Å². The lowest BCUT2D eigenvalue weighted by molar-refractivity contribution is -0.131. The lowest BCUT2D eigenvalue weighted by Gasteiger charge is -2.30. The number of likely N-dealkylation sites (N-methyl/N-ethyl adjacent to an activating group) is 1. The van der Waals surface area contributed by atoms with Crippen LogP contribution in [0, 0.1) is 5.92 Å². The molecule has 1 amide bonds. The molecule has 3 nitrogen and oxygen atoms in total. The summed E-state index contributed by atoms with van der Waals surface area (Å²) in [6.07, 6.45) is 9.24. The predicted molar refractivity (Wildman–Crippen MR) is 69.9 cm³/mol. The SMILES string of the molecule is CCNCC(=O)N(CC1CCCCC1)C1CC1. The number of hydrogen-bond acceptors (Lipinski definition) is 2. The van der Waals surface area contributed by atoms with Crippen molar-refractivity contribution < 1.29 is 4.79 Å². The van der Waals surface area contributed by atoms with Gasteiger partial charge >= 0.3 is 0 Å². The first-order chi connectivity index (χ1) is 8.31. The van der Waals surface area contributed by atoms with Crippen molar-refractivity contribution in [2.75, 3.05) is 19.6 Å². The fourth-order valence-electron chi connectivity index (χ4n) is 2.82. The number of nitrogens with zero attached hydrogens (tertiary/aromatic N) is 1. The number of carbonyl (C=O) groups excluding carboxylic acids is 1. The smallest absolute Gasteiger partial charge is 0.236 e. The maximum absolute atomic E-state index is 12.1. The van der Waals surface area contributed by atoms with E-state index in [0.717, 1.165) is 19.0 Å². The summed E-state index contributed by atoms with van der Waals surface area (Å²) in [6.45, 7) is 4.48. The van der Waals surface area contributed by atoms with E-state index in [-0.39, 0.29) is 0 Å². The Morgan fingerprint density at radius 3 is 2.47 bits per heavy atom. The number of hydrogen-bond donors (Lipinski definition) is 1. The fraction of sp³-hybridized carbons (Fsp3) is 0.929. The lowest BCUT2D eigenvalue weighted by Crippen LogP contribution is -2.42. The lowest BCUT2D eigenvalue weighted by atomic mass is 9.89. The zero-order valence-electron chi connectivity index (χ0n) is 11.1. The van der Waals surface area contributed by atoms with Crippen LogP contribution in [0.5, 0.6) is 0 Å². The van der Waals surface area contributed by atoms with Gasteiger partial charge in [-0.1, -0.05) is 26.2 Å². The molecule has 0 heterocycles. The zero-order chi connectivity index (χ0) is 12.1. The Kier molecular flexibility index (Phi) is 4.84. The third-order valence-electron chi connectivity index (χ3n) is 4.01. The van der Waals surface area contributed by atoms with Gasteiger partial charge in [0.2, 0.25) is 5.91 Å². The normalized spacial score (nSPS) is 21.5. The molecule has 0 aliphatic heterocycles. The van der Waals surface area contributed by atoms with Gasteiger partial charge < -0.3 is 10.2 Å². The number of amides is 1. The minimum Gasteiger partial charge on any atom is -0.338 e. The summed E-state index contributed by atoms with van der Waals surface area (Å²) in [5.74, 6) is 1.09. The van der Waals surface area contributed by atoms with Crippen molar-refractivity contribution in [3.8, 4) is 0 Å². The topological polar surface area (TPSA) is 32.3 Å². The summed E-state index contributed by atoms with van der Waals surface area (Å²) < 4.78 is 0. The van der Waals surface area contributed by atoms with E-state index in [1.165, 1.54) is 44.9 Å². The Morgan fingerprint density at radius 1 is 1.18 bits per heavy atom. The summed E-state index contributed by atoms with van der Waals surface area (Å²) in [5.41, 5.74) is 0. The highest BCUT2D eigenvalue weighted by Gasteiger charge is 2.33. The van der Waals surface area contributed by atoms with E-state index in [0.29, 0.717) is 18.5 Å². The standard InChI is InChI=1S/C14H26N2O/c1-2-15-10-14(17)16(13-8-9-13)11-12-6-4-3-5-7-12/h12-13,15H,2-11H2,1H3. The first-order valence-electron chi connectivity index (χ1n) is 7.31. The average Bonchev–Trinajstić information content (AvgIpc) is 3.18. The Hall–Kier alpha value is -0.570. The second-order valence-corrected chi connectivity index (χ2v) is 5.56. The Morgan fingerprint density at radius 2 is 1.88 bits per heavy atom. The highest BCUT2D eigenvalue weighted by Crippen LogP contribution is 2.31. The summed E-state index contributed by atoms with van der Waals surface area (Å²) in [5, 5.41) is 3.16. The van der Waals surface area contributed by atoms with Crippen LogP contribution in [0.4, 0.5) is 0 Å². The molecule has 1 N–H and O–H groups in total. The highest BCUT2D eigenvalue weighted by atomic mass is 16.2. The molecule has 2 aliphatic rings. The van der Waals surface area contributed by atoms with Gasteiger partial charge in [-0.05, 0) is 38.1 Å². The van der Waals surface area contributed by atoms with Crippen LogP contribution in [-0.2, 0) is 4.79 Å². The van der Waals surface area contributed by atoms with E-state index in [2.05, 4.69) is 17.1 Å². The molecular formula is C14H26N2O. The van der Waals surface area contributed by atoms with Crippen molar-refractivity contribution in [1.29, 1.82) is 0 Å². The van der Waals surface area contributed by atoms with Gasteiger partial charge in [0.05, 0.1) is 6.54 Å². The van der Waals surface area contributed by atoms with Crippen molar-refractivity contribution in [3.63, 3.8) is 0 Å². The molecule has 0 bridgehead atoms. The fourth-order valence-corrected chi connectivity index (χ4v) is 2.82. The number of rotatable bonds is 6. The molecule has 2 aliphatic carbocycles. The molecular weight excluding hydrogens is 212 g/mol. The summed E-state index contributed by atoms with van der Waals surface area (Å²) >= 11 is 0. The van der Waals surface area contributed by atoms with Gasteiger partial charge in [0.1, 0.15) is 0 Å². The predicted octanol–water partition coefficient (Wildman–Crippen LogP) is 2.17. The molecule has 2 fully saturated rings. The minimum atomic E-state index is 0.319. The molecule has 2 rings (SSSR count). The van der Waals surface area contributed by atoms with E-state index in [4.69, 9.17) is 0 Å². The van der Waals surface area contributed by atoms with Gasteiger partial charge in [-0.3, -0.25) is 4.79 Å². The molecule has 0 unspecified atom stereocenters. The van der Waals surface area contributed by atoms with Crippen LogP contribution < -0.4 is 5.32 Å². The molecule has 0 saturated heterocycles. The summed E-state index contributed by atoms with van der Waals surface area (Å²) in [4.78, 5) is 14.3. The Labute approximate surface area is 105 Å². The summed E-state index contributed by atoms with van der Waals surface area (Å²) in [6, 6.07) is 0.572. The molecule has 17 heavy (non-hydrogen) atoms. The molecule has 0 radical (unpaired) electrons. The first kappa shape index (κ1) is 12.9. The summed E-state index contributed by atoms with van der Waals surface area (Å²) in [7, 11) is 0. The molecule has 0 aromatic rings. The minimum absolute atomic E-state index is 0.319. The third-order valence-corrected chi connectivity index (χ3v) is 4.01. The van der Waals surface area contributed by atoms with Crippen LogP contribution in [0.15, 0.2) is 0 Å². The maximum Gasteiger partial charge on any atom is 0.236 e. The monoisotopic (exact) mass is 238 g/mol. The van der Waals surface area contributed by atoms with Gasteiger partial charge in [0, 0.05) is 12.6 Å². The van der Waals surface area contributed by atoms with Crippen molar-refractivity contribution in [1.82, 2.24) is 10.2 Å². The van der Waals surface area contributed by atoms with Crippen LogP contribution in [0.25, 0.3) is 0 Å². The number of carbonyl (C=O) groups is 1. The average molecular weight is 238 g/mol. The second-order valence-electron chi connectivity index (χ2n) is 5.56. The van der Waals surface area contributed by atoms with Gasteiger partial charge in [-0.2, -0.15) is 0 Å². The van der Waals surface area contributed by atoms with E-state index in [1.807, 2.05) is 0 Å². The molecule has 2 saturated carbocycles. The first-order valence-corrected chi connectivity index (χ1v) is 7.31. The van der Waals surface area contributed by atoms with Crippen LogP contribution in [0.1, 0.15) is 51.9 Å². The maximum atomic E-state index is 12.1. The van der Waals surface area contributed by atoms with Crippen molar-refractivity contribution >= 4 is 5.91 Å². The van der Waals surface area contributed by atoms with E-state index in [9.17, 15) is 4.79 Å². The third kappa shape index (κ3) is 3.98. The number of nitrogens with one attached hydrogen (secondary N) is 1. The van der Waals surface area contributed by atoms with Crippen molar-refractivity contribution in [2.45, 2.75) is 57.9 Å². The Bertz CT molecular complexity index is 245. The van der Waals surface area contributed by atoms with E-state index < -0.39 is 0 Å². The Balaban J connectivity index is 1.81. The van der Waals surface area contributed by atoms with Gasteiger partial charge in [0.25, 0.3) is 0 Å². The zero-order valence-corrected chi connectivity index (χ0v) is 11.1. The van der Waals surface area contributed by atoms with Crippen LogP contribution >= 0.6 is 0 Å². The molecule has 0 aromatic heterocycles. The molecule has 3 heteroatoms. The van der Waals surface area contributed by atoms with E-state index >= 15 is 0 Å². The van der Waals surface area contributed by atoms with Gasteiger partial charge in [-0.25, -0.2) is 0 Å².